The van der Waals surface area contributed by atoms with Crippen LogP contribution in [0.25, 0.3) is 0 Å². The quantitative estimate of drug-likeness (QED) is 0.890. The zero-order valence-corrected chi connectivity index (χ0v) is 14.9. The lowest BCUT2D eigenvalue weighted by atomic mass is 9.72. The lowest BCUT2D eigenvalue weighted by Gasteiger charge is -2.53. The van der Waals surface area contributed by atoms with Gasteiger partial charge in [0.25, 0.3) is 0 Å². The smallest absolute Gasteiger partial charge is 0.321 e. The van der Waals surface area contributed by atoms with Gasteiger partial charge >= 0.3 is 6.03 Å². The number of benzene rings is 2. The predicted octanol–water partition coefficient (Wildman–Crippen LogP) is 3.52. The number of hydrogen-bond acceptors (Lipinski definition) is 3. The highest BCUT2D eigenvalue weighted by Gasteiger charge is 2.46. The number of nitrogens with one attached hydrogen (secondary N) is 1. The highest BCUT2D eigenvalue weighted by molar-refractivity contribution is 5.89. The minimum absolute atomic E-state index is 0.00773. The van der Waals surface area contributed by atoms with Crippen LogP contribution in [0.4, 0.5) is 10.5 Å². The van der Waals surface area contributed by atoms with Crippen molar-refractivity contribution in [3.05, 3.63) is 60.2 Å². The number of carbonyl (C=O) groups is 1. The van der Waals surface area contributed by atoms with Gasteiger partial charge in [0.15, 0.2) is 0 Å². The van der Waals surface area contributed by atoms with Crippen molar-refractivity contribution in [2.45, 2.75) is 19.4 Å². The Labute approximate surface area is 154 Å². The number of anilines is 1. The number of piperidine rings is 1. The fourth-order valence-electron chi connectivity index (χ4n) is 3.99. The van der Waals surface area contributed by atoms with Crippen LogP contribution in [0.15, 0.2) is 54.6 Å². The first-order valence-electron chi connectivity index (χ1n) is 9.23. The summed E-state index contributed by atoms with van der Waals surface area (Å²) in [4.78, 5) is 16.7. The average molecular weight is 351 g/mol. The molecule has 2 aromatic carbocycles. The molecule has 0 aromatic heterocycles. The second-order valence-electron chi connectivity index (χ2n) is 7.59. The van der Waals surface area contributed by atoms with Gasteiger partial charge in [0.05, 0.1) is 0 Å². The van der Waals surface area contributed by atoms with Crippen LogP contribution < -0.4 is 5.32 Å². The number of aromatic hydroxyl groups is 1. The molecule has 1 spiro atoms. The molecule has 2 aliphatic rings. The minimum atomic E-state index is 0.00773. The van der Waals surface area contributed by atoms with Crippen molar-refractivity contribution in [1.29, 1.82) is 0 Å². The summed E-state index contributed by atoms with van der Waals surface area (Å²) in [5, 5.41) is 12.4. The molecule has 2 amide bonds. The molecular formula is C21H25N3O2. The van der Waals surface area contributed by atoms with Crippen molar-refractivity contribution in [2.24, 2.45) is 5.41 Å². The van der Waals surface area contributed by atoms with E-state index in [4.69, 9.17) is 0 Å². The van der Waals surface area contributed by atoms with Gasteiger partial charge in [-0.3, -0.25) is 4.90 Å². The minimum Gasteiger partial charge on any atom is -0.508 e. The Hall–Kier alpha value is -2.53. The number of nitrogens with zero attached hydrogens (tertiary/aromatic N) is 2. The first kappa shape index (κ1) is 16.9. The summed E-state index contributed by atoms with van der Waals surface area (Å²) in [7, 11) is 0. The summed E-state index contributed by atoms with van der Waals surface area (Å²) >= 11 is 0. The number of rotatable bonds is 3. The molecule has 136 valence electrons. The van der Waals surface area contributed by atoms with Gasteiger partial charge < -0.3 is 15.3 Å². The van der Waals surface area contributed by atoms with Crippen molar-refractivity contribution in [3.63, 3.8) is 0 Å². The van der Waals surface area contributed by atoms with Crippen LogP contribution in [0.2, 0.25) is 0 Å². The molecule has 4 rings (SSSR count). The number of amides is 2. The number of urea groups is 1. The summed E-state index contributed by atoms with van der Waals surface area (Å²) in [6.45, 7) is 4.77. The number of hydrogen-bond donors (Lipinski definition) is 2. The Morgan fingerprint density at radius 2 is 1.65 bits per heavy atom. The van der Waals surface area contributed by atoms with E-state index in [-0.39, 0.29) is 6.03 Å². The van der Waals surface area contributed by atoms with Gasteiger partial charge in [-0.05, 0) is 55.8 Å². The van der Waals surface area contributed by atoms with Crippen molar-refractivity contribution in [1.82, 2.24) is 9.80 Å². The Bertz CT molecular complexity index is 745. The maximum atomic E-state index is 12.3. The van der Waals surface area contributed by atoms with Crippen molar-refractivity contribution >= 4 is 11.7 Å². The largest absolute Gasteiger partial charge is 0.508 e. The van der Waals surface area contributed by atoms with E-state index in [1.807, 2.05) is 47.4 Å². The van der Waals surface area contributed by atoms with Gasteiger partial charge in [-0.25, -0.2) is 4.79 Å². The van der Waals surface area contributed by atoms with E-state index in [9.17, 15) is 9.90 Å². The fraction of sp³-hybridized carbons (Fsp3) is 0.381. The number of para-hydroxylation sites is 1. The van der Waals surface area contributed by atoms with E-state index >= 15 is 0 Å². The van der Waals surface area contributed by atoms with E-state index in [1.54, 1.807) is 12.1 Å². The molecule has 2 saturated heterocycles. The monoisotopic (exact) mass is 351 g/mol. The van der Waals surface area contributed by atoms with Gasteiger partial charge in [-0.1, -0.05) is 30.3 Å². The predicted molar refractivity (Wildman–Crippen MR) is 102 cm³/mol. The van der Waals surface area contributed by atoms with E-state index in [1.165, 1.54) is 5.56 Å². The molecule has 2 aromatic rings. The number of likely N-dealkylation sites (tertiary alicyclic amines) is 2. The van der Waals surface area contributed by atoms with Crippen LogP contribution in [-0.2, 0) is 6.54 Å². The zero-order chi connectivity index (χ0) is 18.0. The average Bonchev–Trinajstić information content (AvgIpc) is 2.63. The van der Waals surface area contributed by atoms with E-state index < -0.39 is 0 Å². The van der Waals surface area contributed by atoms with E-state index in [0.29, 0.717) is 11.2 Å². The molecule has 2 aliphatic heterocycles. The second kappa shape index (κ2) is 7.00. The van der Waals surface area contributed by atoms with E-state index in [2.05, 4.69) is 10.2 Å². The molecule has 0 radical (unpaired) electrons. The van der Waals surface area contributed by atoms with Crippen LogP contribution in [0.1, 0.15) is 18.4 Å². The second-order valence-corrected chi connectivity index (χ2v) is 7.59. The summed E-state index contributed by atoms with van der Waals surface area (Å²) in [6, 6.07) is 17.1. The summed E-state index contributed by atoms with van der Waals surface area (Å²) in [5.41, 5.74) is 2.39. The van der Waals surface area contributed by atoms with Crippen LogP contribution in [0.5, 0.6) is 5.75 Å². The van der Waals surface area contributed by atoms with Gasteiger partial charge in [0.1, 0.15) is 5.75 Å². The van der Waals surface area contributed by atoms with Gasteiger partial charge in [0.2, 0.25) is 0 Å². The number of carbonyl (C=O) groups excluding carboxylic acids is 1. The van der Waals surface area contributed by atoms with Gasteiger partial charge in [-0.15, -0.1) is 0 Å². The van der Waals surface area contributed by atoms with Gasteiger partial charge in [-0.2, -0.15) is 0 Å². The number of phenolic OH excluding ortho intramolecular Hbond substituents is 1. The maximum Gasteiger partial charge on any atom is 0.321 e. The first-order valence-corrected chi connectivity index (χ1v) is 9.23. The topological polar surface area (TPSA) is 55.8 Å². The zero-order valence-electron chi connectivity index (χ0n) is 14.9. The number of phenols is 1. The lowest BCUT2D eigenvalue weighted by molar-refractivity contribution is -0.0200. The SMILES string of the molecule is O=C(Nc1ccccc1)N1CC2(CCN(Cc3ccc(O)cc3)CC2)C1. The molecule has 0 atom stereocenters. The highest BCUT2D eigenvalue weighted by Crippen LogP contribution is 2.40. The molecule has 5 nitrogen and oxygen atoms in total. The molecule has 5 heteroatoms. The Morgan fingerprint density at radius 1 is 1.00 bits per heavy atom. The Kier molecular flexibility index (Phi) is 4.55. The third-order valence-corrected chi connectivity index (χ3v) is 5.62. The van der Waals surface area contributed by atoms with E-state index in [0.717, 1.165) is 51.3 Å². The summed E-state index contributed by atoms with van der Waals surface area (Å²) in [6.07, 6.45) is 2.28. The molecule has 2 heterocycles. The standard InChI is InChI=1S/C21H25N3O2/c25-19-8-6-17(7-9-19)14-23-12-10-21(11-13-23)15-24(16-21)20(26)22-18-4-2-1-3-5-18/h1-9,25H,10-16H2,(H,22,26). The first-order chi connectivity index (χ1) is 12.6. The summed E-state index contributed by atoms with van der Waals surface area (Å²) < 4.78 is 0. The molecule has 0 bridgehead atoms. The third-order valence-electron chi connectivity index (χ3n) is 5.62. The molecule has 0 unspecified atom stereocenters. The van der Waals surface area contributed by atoms with Crippen molar-refractivity contribution in [3.8, 4) is 5.75 Å². The Balaban J connectivity index is 1.24. The van der Waals surface area contributed by atoms with Crippen LogP contribution in [-0.4, -0.2) is 47.1 Å². The van der Waals surface area contributed by atoms with Crippen LogP contribution >= 0.6 is 0 Å². The molecule has 26 heavy (non-hydrogen) atoms. The molecule has 2 N–H and O–H groups in total. The normalized spacial score (nSPS) is 19.2. The van der Waals surface area contributed by atoms with Crippen molar-refractivity contribution < 1.29 is 9.90 Å². The molecule has 2 fully saturated rings. The Morgan fingerprint density at radius 3 is 2.31 bits per heavy atom. The third kappa shape index (κ3) is 3.68. The molecular weight excluding hydrogens is 326 g/mol. The lowest BCUT2D eigenvalue weighted by Crippen LogP contribution is -2.62. The van der Waals surface area contributed by atoms with Crippen LogP contribution in [0, 0.1) is 5.41 Å². The molecule has 0 aliphatic carbocycles. The van der Waals surface area contributed by atoms with Crippen LogP contribution in [0.3, 0.4) is 0 Å². The summed E-state index contributed by atoms with van der Waals surface area (Å²) in [5.74, 6) is 0.315. The maximum absolute atomic E-state index is 12.3. The highest BCUT2D eigenvalue weighted by atomic mass is 16.3. The van der Waals surface area contributed by atoms with Crippen molar-refractivity contribution in [2.75, 3.05) is 31.5 Å². The molecule has 0 saturated carbocycles. The van der Waals surface area contributed by atoms with Gasteiger partial charge in [0, 0.05) is 30.7 Å². The fourth-order valence-corrected chi connectivity index (χ4v) is 3.99.